The van der Waals surface area contributed by atoms with Crippen LogP contribution in [0.4, 0.5) is 0 Å². The van der Waals surface area contributed by atoms with Crippen LogP contribution < -0.4 is 11.1 Å². The summed E-state index contributed by atoms with van der Waals surface area (Å²) in [4.78, 5) is 91.0. The summed E-state index contributed by atoms with van der Waals surface area (Å²) in [5, 5.41) is 1.93. The molecule has 8 heterocycles. The van der Waals surface area contributed by atoms with Gasteiger partial charge in [0.15, 0.2) is 0 Å². The fraction of sp³-hybridized carbons (Fsp3) is 0.360. The SMILES string of the molecule is CC[C@@]1(OC(=O)CCCCCCCCC(=O)O[C@]2(CC)C(=O)OCc3c2cc2n(c3=O)Cc3cc4ccccc4nc3-2)C(=O)OCc2c1cc1n(c2=O)Cc2cc3ccccc3nc2-1. The maximum atomic E-state index is 13.9. The standard InChI is InChI=1S/C50H46N4O10/c1-3-49(35-23-39-43-31(21-29-15-11-13-17-37(29)51-43)25-53(39)45(57)33(35)27-61-47(49)59)63-41(55)19-9-7-5-6-8-10-20-42(56)64-50(4-2)36-24-40-44-32(22-30-16-12-14-18-38(30)52-44)26-54(40)46(58)34(36)28-62-48(50)60/h11-18,21-24H,3-10,19-20,25-28H2,1-2H3/t49-,50-/m0/s1. The molecule has 0 amide bonds. The van der Waals surface area contributed by atoms with E-state index in [4.69, 9.17) is 28.9 Å². The van der Waals surface area contributed by atoms with E-state index in [1.165, 1.54) is 0 Å². The highest BCUT2D eigenvalue weighted by molar-refractivity contribution is 5.90. The van der Waals surface area contributed by atoms with Crippen LogP contribution in [0.5, 0.6) is 0 Å². The molecular formula is C50H46N4O10. The normalized spacial score (nSPS) is 18.9. The number of rotatable bonds is 13. The molecule has 4 aliphatic heterocycles. The first-order valence-corrected chi connectivity index (χ1v) is 22.2. The Kier molecular flexibility index (Phi) is 10.3. The van der Waals surface area contributed by atoms with Crippen molar-refractivity contribution >= 4 is 45.7 Å². The summed E-state index contributed by atoms with van der Waals surface area (Å²) < 4.78 is 26.2. The summed E-state index contributed by atoms with van der Waals surface area (Å²) in [6, 6.07) is 23.0. The number of carbonyl (C=O) groups excluding carboxylic acids is 4. The van der Waals surface area contributed by atoms with Crippen LogP contribution in [0.1, 0.15) is 111 Å². The summed E-state index contributed by atoms with van der Waals surface area (Å²) in [5.41, 5.74) is 3.02. The quantitative estimate of drug-likeness (QED) is 0.0639. The van der Waals surface area contributed by atoms with Gasteiger partial charge in [0.05, 0.1) is 58.0 Å². The van der Waals surface area contributed by atoms with E-state index >= 15 is 0 Å². The van der Waals surface area contributed by atoms with Gasteiger partial charge in [-0.05, 0) is 62.1 Å². The summed E-state index contributed by atoms with van der Waals surface area (Å²) >= 11 is 0. The van der Waals surface area contributed by atoms with E-state index < -0.39 is 35.1 Å². The highest BCUT2D eigenvalue weighted by Gasteiger charge is 2.52. The van der Waals surface area contributed by atoms with Gasteiger partial charge in [-0.1, -0.05) is 75.9 Å². The topological polar surface area (TPSA) is 175 Å². The lowest BCUT2D eigenvalue weighted by atomic mass is 9.85. The molecule has 0 spiro atoms. The van der Waals surface area contributed by atoms with Crippen LogP contribution in [0.2, 0.25) is 0 Å². The molecule has 0 radical (unpaired) electrons. The van der Waals surface area contributed by atoms with Crippen LogP contribution in [-0.2, 0) is 75.6 Å². The van der Waals surface area contributed by atoms with Gasteiger partial charge in [0.2, 0.25) is 11.2 Å². The van der Waals surface area contributed by atoms with E-state index in [0.717, 1.165) is 45.8 Å². The van der Waals surface area contributed by atoms with Gasteiger partial charge >= 0.3 is 23.9 Å². The van der Waals surface area contributed by atoms with Crippen molar-refractivity contribution < 1.29 is 38.1 Å². The molecule has 0 saturated heterocycles. The maximum Gasteiger partial charge on any atom is 0.355 e. The predicted octanol–water partition coefficient (Wildman–Crippen LogP) is 7.40. The number of pyridine rings is 4. The predicted molar refractivity (Wildman–Crippen MR) is 234 cm³/mol. The van der Waals surface area contributed by atoms with Crippen molar-refractivity contribution in [3.63, 3.8) is 0 Å². The fourth-order valence-electron chi connectivity index (χ4n) is 9.90. The number of esters is 4. The van der Waals surface area contributed by atoms with Crippen LogP contribution >= 0.6 is 0 Å². The van der Waals surface area contributed by atoms with Gasteiger partial charge in [0.1, 0.15) is 13.2 Å². The molecule has 2 atom stereocenters. The number of para-hydroxylation sites is 2. The van der Waals surface area contributed by atoms with Gasteiger partial charge in [0.25, 0.3) is 11.1 Å². The third-order valence-electron chi connectivity index (χ3n) is 13.4. The summed E-state index contributed by atoms with van der Waals surface area (Å²) in [7, 11) is 0. The summed E-state index contributed by atoms with van der Waals surface area (Å²) in [6.45, 7) is 3.74. The van der Waals surface area contributed by atoms with Crippen LogP contribution in [0.15, 0.2) is 82.4 Å². The smallest absolute Gasteiger partial charge is 0.355 e. The first-order chi connectivity index (χ1) is 31.0. The minimum atomic E-state index is -1.76. The van der Waals surface area contributed by atoms with Gasteiger partial charge in [0, 0.05) is 45.9 Å². The molecule has 0 saturated carbocycles. The number of nitrogens with zero attached hydrogens (tertiary/aromatic N) is 4. The Hall–Kier alpha value is -6.96. The number of carbonyl (C=O) groups is 4. The molecule has 64 heavy (non-hydrogen) atoms. The second-order valence-electron chi connectivity index (χ2n) is 17.1. The Labute approximate surface area is 367 Å². The minimum Gasteiger partial charge on any atom is -0.457 e. The number of hydrogen-bond donors (Lipinski definition) is 0. The van der Waals surface area contributed by atoms with Gasteiger partial charge in [-0.25, -0.2) is 19.6 Å². The first-order valence-electron chi connectivity index (χ1n) is 22.2. The lowest BCUT2D eigenvalue weighted by Gasteiger charge is -2.35. The molecule has 2 aromatic carbocycles. The zero-order valence-electron chi connectivity index (χ0n) is 35.7. The average Bonchev–Trinajstić information content (AvgIpc) is 3.85. The van der Waals surface area contributed by atoms with Crippen LogP contribution in [0, 0.1) is 0 Å². The third-order valence-corrected chi connectivity index (χ3v) is 13.4. The Bertz CT molecular complexity index is 2890. The Morgan fingerprint density at radius 3 is 1.42 bits per heavy atom. The zero-order valence-corrected chi connectivity index (χ0v) is 35.7. The van der Waals surface area contributed by atoms with E-state index in [-0.39, 0.29) is 50.0 Å². The molecule has 0 fully saturated rings. The second kappa shape index (κ2) is 16.0. The molecule has 14 heteroatoms. The molecule has 0 aliphatic carbocycles. The van der Waals surface area contributed by atoms with Gasteiger partial charge < -0.3 is 28.1 Å². The van der Waals surface area contributed by atoms with E-state index in [2.05, 4.69) is 0 Å². The molecule has 6 aromatic rings. The van der Waals surface area contributed by atoms with E-state index in [1.807, 2.05) is 60.7 Å². The van der Waals surface area contributed by atoms with Crippen LogP contribution in [0.3, 0.4) is 0 Å². The van der Waals surface area contributed by atoms with Gasteiger partial charge in [-0.2, -0.15) is 0 Å². The fourth-order valence-corrected chi connectivity index (χ4v) is 9.90. The van der Waals surface area contributed by atoms with Crippen molar-refractivity contribution in [2.75, 3.05) is 0 Å². The Balaban J connectivity index is 0.740. The number of benzene rings is 2. The number of aromatic nitrogens is 4. The molecule has 4 aliphatic rings. The average molecular weight is 863 g/mol. The number of ether oxygens (including phenoxy) is 4. The number of hydrogen-bond acceptors (Lipinski definition) is 12. The lowest BCUT2D eigenvalue weighted by molar-refractivity contribution is -0.189. The largest absolute Gasteiger partial charge is 0.457 e. The van der Waals surface area contributed by atoms with E-state index in [0.29, 0.717) is 83.8 Å². The molecule has 326 valence electrons. The van der Waals surface area contributed by atoms with Crippen molar-refractivity contribution in [2.24, 2.45) is 0 Å². The van der Waals surface area contributed by atoms with E-state index in [9.17, 15) is 28.8 Å². The zero-order chi connectivity index (χ0) is 44.3. The number of unbranched alkanes of at least 4 members (excludes halogenated alkanes) is 5. The Morgan fingerprint density at radius 1 is 0.594 bits per heavy atom. The highest BCUT2D eigenvalue weighted by Crippen LogP contribution is 2.43. The van der Waals surface area contributed by atoms with Crippen LogP contribution in [-0.4, -0.2) is 43.0 Å². The molecular weight excluding hydrogens is 817 g/mol. The number of cyclic esters (lactones) is 2. The van der Waals surface area contributed by atoms with Crippen molar-refractivity contribution in [3.05, 3.63) is 127 Å². The molecule has 0 unspecified atom stereocenters. The molecule has 0 bridgehead atoms. The highest BCUT2D eigenvalue weighted by atomic mass is 16.6. The lowest BCUT2D eigenvalue weighted by Crippen LogP contribution is -2.47. The number of fused-ring (bicyclic) bond motifs is 10. The Morgan fingerprint density at radius 2 is 1.00 bits per heavy atom. The van der Waals surface area contributed by atoms with Gasteiger partial charge in [-0.3, -0.25) is 19.2 Å². The molecule has 4 aromatic heterocycles. The van der Waals surface area contributed by atoms with Gasteiger partial charge in [-0.15, -0.1) is 0 Å². The molecule has 14 nitrogen and oxygen atoms in total. The summed E-state index contributed by atoms with van der Waals surface area (Å²) in [6.07, 6.45) is 4.33. The van der Waals surface area contributed by atoms with Crippen LogP contribution in [0.25, 0.3) is 44.6 Å². The van der Waals surface area contributed by atoms with Crippen molar-refractivity contribution in [2.45, 2.75) is 116 Å². The maximum absolute atomic E-state index is 13.9. The van der Waals surface area contributed by atoms with Crippen molar-refractivity contribution in [3.8, 4) is 22.8 Å². The third kappa shape index (κ3) is 6.60. The summed E-state index contributed by atoms with van der Waals surface area (Å²) in [5.74, 6) is -2.53. The first kappa shape index (κ1) is 41.1. The monoisotopic (exact) mass is 862 g/mol. The van der Waals surface area contributed by atoms with E-state index in [1.54, 1.807) is 35.1 Å². The molecule has 0 N–H and O–H groups in total. The van der Waals surface area contributed by atoms with Crippen molar-refractivity contribution in [1.82, 2.24) is 19.1 Å². The second-order valence-corrected chi connectivity index (χ2v) is 17.1. The minimum absolute atomic E-state index is 0.0681. The van der Waals surface area contributed by atoms with Crippen molar-refractivity contribution in [1.29, 1.82) is 0 Å². The molecule has 10 rings (SSSR count).